The van der Waals surface area contributed by atoms with Crippen LogP contribution in [0.2, 0.25) is 5.02 Å². The van der Waals surface area contributed by atoms with Gasteiger partial charge < -0.3 is 23.8 Å². The molecule has 2 aliphatic rings. The molecule has 8 heteroatoms. The number of likely N-dealkylation sites (tertiary alicyclic amines) is 1. The van der Waals surface area contributed by atoms with Crippen molar-refractivity contribution in [3.05, 3.63) is 47.2 Å². The minimum absolute atomic E-state index is 0.0336. The normalized spacial score (nSPS) is 17.8. The summed E-state index contributed by atoms with van der Waals surface area (Å²) in [5.41, 5.74) is 1.20. The Balaban J connectivity index is 1.45. The van der Waals surface area contributed by atoms with Crippen molar-refractivity contribution < 1.29 is 19.1 Å². The van der Waals surface area contributed by atoms with Gasteiger partial charge in [0.2, 0.25) is 5.91 Å². The number of methoxy groups -OCH3 is 1. The van der Waals surface area contributed by atoms with Gasteiger partial charge in [-0.15, -0.1) is 0 Å². The van der Waals surface area contributed by atoms with Crippen LogP contribution in [0.3, 0.4) is 0 Å². The Kier molecular flexibility index (Phi) is 6.29. The molecule has 2 aromatic rings. The molecule has 160 valence electrons. The van der Waals surface area contributed by atoms with Gasteiger partial charge in [-0.1, -0.05) is 11.6 Å². The molecule has 2 amide bonds. The summed E-state index contributed by atoms with van der Waals surface area (Å²) in [5.74, 6) is 0.514. The molecule has 0 N–H and O–H groups in total. The lowest BCUT2D eigenvalue weighted by molar-refractivity contribution is -0.141. The van der Waals surface area contributed by atoms with E-state index in [9.17, 15) is 9.59 Å². The number of amides is 2. The van der Waals surface area contributed by atoms with Crippen molar-refractivity contribution in [1.82, 2.24) is 14.4 Å². The Hall–Kier alpha value is -2.51. The van der Waals surface area contributed by atoms with Crippen LogP contribution >= 0.6 is 11.6 Å². The minimum Gasteiger partial charge on any atom is -0.496 e. The maximum Gasteiger partial charge on any atom is 0.257 e. The van der Waals surface area contributed by atoms with E-state index < -0.39 is 0 Å². The first-order chi connectivity index (χ1) is 14.6. The van der Waals surface area contributed by atoms with Crippen LogP contribution in [-0.2, 0) is 9.53 Å². The molecule has 2 aliphatic heterocycles. The molecule has 0 atom stereocenters. The zero-order valence-corrected chi connectivity index (χ0v) is 17.8. The van der Waals surface area contributed by atoms with E-state index in [-0.39, 0.29) is 17.7 Å². The fourth-order valence-electron chi connectivity index (χ4n) is 4.11. The van der Waals surface area contributed by atoms with Crippen LogP contribution in [0.15, 0.2) is 36.7 Å². The van der Waals surface area contributed by atoms with Gasteiger partial charge in [-0.25, -0.2) is 0 Å². The number of aromatic nitrogens is 1. The second kappa shape index (κ2) is 9.10. The van der Waals surface area contributed by atoms with E-state index in [1.165, 1.54) is 0 Å². The van der Waals surface area contributed by atoms with Crippen molar-refractivity contribution >= 4 is 23.4 Å². The number of piperidine rings is 1. The van der Waals surface area contributed by atoms with Crippen molar-refractivity contribution in [3.8, 4) is 11.4 Å². The molecule has 1 aromatic heterocycles. The first-order valence-corrected chi connectivity index (χ1v) is 10.6. The SMILES string of the molecule is COc1cc(-n2cccc2)c(Cl)cc1C(=O)N1CCC(C(=O)N2CCOCC2)CC1. The third kappa shape index (κ3) is 4.18. The van der Waals surface area contributed by atoms with Crippen molar-refractivity contribution in [2.24, 2.45) is 5.92 Å². The zero-order chi connectivity index (χ0) is 21.1. The van der Waals surface area contributed by atoms with Crippen molar-refractivity contribution in [3.63, 3.8) is 0 Å². The highest BCUT2D eigenvalue weighted by molar-refractivity contribution is 6.33. The Morgan fingerprint density at radius 2 is 1.70 bits per heavy atom. The van der Waals surface area contributed by atoms with Gasteiger partial charge in [0, 0.05) is 50.6 Å². The van der Waals surface area contributed by atoms with Gasteiger partial charge in [0.15, 0.2) is 0 Å². The van der Waals surface area contributed by atoms with Crippen LogP contribution in [0, 0.1) is 5.92 Å². The second-order valence-electron chi connectivity index (χ2n) is 7.60. The maximum absolute atomic E-state index is 13.2. The van der Waals surface area contributed by atoms with Gasteiger partial charge >= 0.3 is 0 Å². The third-order valence-electron chi connectivity index (χ3n) is 5.84. The Labute approximate surface area is 181 Å². The number of halogens is 1. The number of rotatable bonds is 4. The molecule has 2 fully saturated rings. The number of nitrogens with zero attached hydrogens (tertiary/aromatic N) is 3. The van der Waals surface area contributed by atoms with E-state index in [0.29, 0.717) is 68.6 Å². The van der Waals surface area contributed by atoms with Crippen LogP contribution in [0.4, 0.5) is 0 Å². The number of hydrogen-bond acceptors (Lipinski definition) is 4. The van der Waals surface area contributed by atoms with E-state index in [0.717, 1.165) is 5.69 Å². The van der Waals surface area contributed by atoms with E-state index >= 15 is 0 Å². The van der Waals surface area contributed by atoms with E-state index in [1.54, 1.807) is 24.1 Å². The Morgan fingerprint density at radius 1 is 1.03 bits per heavy atom. The topological polar surface area (TPSA) is 64.0 Å². The highest BCUT2D eigenvalue weighted by atomic mass is 35.5. The fourth-order valence-corrected chi connectivity index (χ4v) is 4.37. The number of carbonyl (C=O) groups is 2. The monoisotopic (exact) mass is 431 g/mol. The van der Waals surface area contributed by atoms with Crippen molar-refractivity contribution in [1.29, 1.82) is 0 Å². The molecule has 0 spiro atoms. The largest absolute Gasteiger partial charge is 0.496 e. The minimum atomic E-state index is -0.120. The quantitative estimate of drug-likeness (QED) is 0.746. The lowest BCUT2D eigenvalue weighted by Crippen LogP contribution is -2.47. The lowest BCUT2D eigenvalue weighted by atomic mass is 9.94. The van der Waals surface area contributed by atoms with Crippen LogP contribution in [0.5, 0.6) is 5.75 Å². The van der Waals surface area contributed by atoms with Crippen molar-refractivity contribution in [2.75, 3.05) is 46.5 Å². The van der Waals surface area contributed by atoms with Gasteiger partial charge in [-0.3, -0.25) is 9.59 Å². The van der Waals surface area contributed by atoms with E-state index in [4.69, 9.17) is 21.1 Å². The molecular weight excluding hydrogens is 406 g/mol. The molecule has 0 aliphatic carbocycles. The number of hydrogen-bond donors (Lipinski definition) is 0. The molecule has 0 unspecified atom stereocenters. The van der Waals surface area contributed by atoms with Gasteiger partial charge in [0.1, 0.15) is 5.75 Å². The summed E-state index contributed by atoms with van der Waals surface area (Å²) in [7, 11) is 1.55. The summed E-state index contributed by atoms with van der Waals surface area (Å²) < 4.78 is 12.7. The maximum atomic E-state index is 13.2. The van der Waals surface area contributed by atoms with Gasteiger partial charge in [-0.2, -0.15) is 0 Å². The summed E-state index contributed by atoms with van der Waals surface area (Å²) in [5, 5.41) is 0.479. The standard InChI is InChI=1S/C22H26ClN3O4/c1-29-20-15-19(24-6-2-3-7-24)18(23)14-17(20)22(28)25-8-4-16(5-9-25)21(27)26-10-12-30-13-11-26/h2-3,6-7,14-16H,4-5,8-13H2,1H3. The van der Waals surface area contributed by atoms with Crippen LogP contribution in [0.1, 0.15) is 23.2 Å². The molecule has 3 heterocycles. The van der Waals surface area contributed by atoms with Crippen LogP contribution in [-0.4, -0.2) is 72.7 Å². The van der Waals surface area contributed by atoms with Crippen LogP contribution in [0.25, 0.3) is 5.69 Å². The molecule has 0 saturated carbocycles. The summed E-state index contributed by atoms with van der Waals surface area (Å²) in [6, 6.07) is 7.27. The number of ether oxygens (including phenoxy) is 2. The summed E-state index contributed by atoms with van der Waals surface area (Å²) in [4.78, 5) is 29.6. The number of benzene rings is 1. The molecule has 4 rings (SSSR count). The average Bonchev–Trinajstić information content (AvgIpc) is 3.33. The number of carbonyl (C=O) groups excluding carboxylic acids is 2. The zero-order valence-electron chi connectivity index (χ0n) is 17.1. The predicted octanol–water partition coefficient (Wildman–Crippen LogP) is 2.85. The molecule has 0 radical (unpaired) electrons. The molecule has 30 heavy (non-hydrogen) atoms. The van der Waals surface area contributed by atoms with E-state index in [2.05, 4.69) is 0 Å². The summed E-state index contributed by atoms with van der Waals surface area (Å²) in [6.45, 7) is 3.59. The van der Waals surface area contributed by atoms with Gasteiger partial charge in [0.05, 0.1) is 36.6 Å². The Morgan fingerprint density at radius 3 is 2.33 bits per heavy atom. The second-order valence-corrected chi connectivity index (χ2v) is 8.01. The smallest absolute Gasteiger partial charge is 0.257 e. The summed E-state index contributed by atoms with van der Waals surface area (Å²) >= 11 is 6.48. The first kappa shape index (κ1) is 20.8. The lowest BCUT2D eigenvalue weighted by Gasteiger charge is -2.35. The summed E-state index contributed by atoms with van der Waals surface area (Å²) in [6.07, 6.45) is 5.11. The number of morpholine rings is 1. The highest BCUT2D eigenvalue weighted by Crippen LogP contribution is 2.32. The molecule has 1 aromatic carbocycles. The van der Waals surface area contributed by atoms with Gasteiger partial charge in [-0.05, 0) is 31.0 Å². The molecular formula is C22H26ClN3O4. The van der Waals surface area contributed by atoms with Gasteiger partial charge in [0.25, 0.3) is 5.91 Å². The fraction of sp³-hybridized carbons (Fsp3) is 0.455. The molecule has 7 nitrogen and oxygen atoms in total. The highest BCUT2D eigenvalue weighted by Gasteiger charge is 2.32. The predicted molar refractivity (Wildman–Crippen MR) is 113 cm³/mol. The van der Waals surface area contributed by atoms with Crippen molar-refractivity contribution in [2.45, 2.75) is 12.8 Å². The molecule has 0 bridgehead atoms. The third-order valence-corrected chi connectivity index (χ3v) is 6.14. The van der Waals surface area contributed by atoms with E-state index in [1.807, 2.05) is 34.0 Å². The molecule has 2 saturated heterocycles. The first-order valence-electron chi connectivity index (χ1n) is 10.2. The average molecular weight is 432 g/mol. The van der Waals surface area contributed by atoms with Crippen LogP contribution < -0.4 is 4.74 Å². The Bertz CT molecular complexity index is 901.